The quantitative estimate of drug-likeness (QED) is 0.831. The van der Waals surface area contributed by atoms with Crippen LogP contribution in [0.1, 0.15) is 44.2 Å². The number of aromatic amines is 1. The lowest BCUT2D eigenvalue weighted by molar-refractivity contribution is -0.136. The summed E-state index contributed by atoms with van der Waals surface area (Å²) in [5, 5.41) is 3.34. The van der Waals surface area contributed by atoms with Crippen LogP contribution >= 0.6 is 0 Å². The van der Waals surface area contributed by atoms with Crippen molar-refractivity contribution in [1.82, 2.24) is 4.98 Å². The molecule has 6 heteroatoms. The lowest BCUT2D eigenvalue weighted by Gasteiger charge is -2.34. The Morgan fingerprint density at radius 2 is 1.96 bits per heavy atom. The summed E-state index contributed by atoms with van der Waals surface area (Å²) in [6, 6.07) is 3.89. The van der Waals surface area contributed by atoms with Gasteiger partial charge in [0.25, 0.3) is 0 Å². The van der Waals surface area contributed by atoms with E-state index in [0.29, 0.717) is 17.9 Å². The molecule has 3 rings (SSSR count). The summed E-state index contributed by atoms with van der Waals surface area (Å²) >= 11 is 0. The van der Waals surface area contributed by atoms with Crippen LogP contribution in [0.25, 0.3) is 10.9 Å². The van der Waals surface area contributed by atoms with E-state index in [4.69, 9.17) is 0 Å². The topological polar surface area (TPSA) is 44.9 Å². The molecule has 0 amide bonds. The van der Waals surface area contributed by atoms with E-state index in [2.05, 4.69) is 31.1 Å². The van der Waals surface area contributed by atoms with E-state index in [1.54, 1.807) is 12.1 Å². The average Bonchev–Trinajstić information content (AvgIpc) is 2.46. The molecule has 0 unspecified atom stereocenters. The van der Waals surface area contributed by atoms with Gasteiger partial charge in [-0.3, -0.25) is 4.79 Å². The Labute approximate surface area is 138 Å². The van der Waals surface area contributed by atoms with Crippen molar-refractivity contribution >= 4 is 16.6 Å². The van der Waals surface area contributed by atoms with E-state index in [0.717, 1.165) is 24.2 Å². The van der Waals surface area contributed by atoms with Gasteiger partial charge in [-0.1, -0.05) is 20.8 Å². The normalized spacial score (nSPS) is 21.0. The summed E-state index contributed by atoms with van der Waals surface area (Å²) in [7, 11) is 0. The molecule has 1 aromatic carbocycles. The molecule has 1 aliphatic heterocycles. The number of pyridine rings is 1. The molecule has 0 bridgehead atoms. The fraction of sp³-hybridized carbons (Fsp3) is 0.500. The molecule has 130 valence electrons. The Hall–Kier alpha value is -1.98. The van der Waals surface area contributed by atoms with Crippen molar-refractivity contribution in [2.75, 3.05) is 11.9 Å². The molecule has 1 aliphatic rings. The van der Waals surface area contributed by atoms with Crippen LogP contribution in [0.3, 0.4) is 0 Å². The first kappa shape index (κ1) is 16.9. The van der Waals surface area contributed by atoms with E-state index in [1.807, 2.05) is 0 Å². The van der Waals surface area contributed by atoms with Gasteiger partial charge in [-0.15, -0.1) is 0 Å². The highest BCUT2D eigenvalue weighted by atomic mass is 19.4. The maximum Gasteiger partial charge on any atom is 0.417 e. The fourth-order valence-electron chi connectivity index (χ4n) is 3.60. The second-order valence-corrected chi connectivity index (χ2v) is 7.12. The molecule has 0 spiro atoms. The molecule has 24 heavy (non-hydrogen) atoms. The van der Waals surface area contributed by atoms with Gasteiger partial charge in [-0.25, -0.2) is 0 Å². The van der Waals surface area contributed by atoms with E-state index in [-0.39, 0.29) is 16.8 Å². The summed E-state index contributed by atoms with van der Waals surface area (Å²) in [6.45, 7) is 7.13. The lowest BCUT2D eigenvalue weighted by Crippen LogP contribution is -2.27. The molecule has 0 fully saturated rings. The summed E-state index contributed by atoms with van der Waals surface area (Å²) in [5.74, 6) is 1.00. The Bertz CT molecular complexity index is 823. The number of alkyl halides is 3. The molecule has 0 saturated heterocycles. The second kappa shape index (κ2) is 5.83. The van der Waals surface area contributed by atoms with Gasteiger partial charge in [0, 0.05) is 23.7 Å². The third kappa shape index (κ3) is 3.01. The van der Waals surface area contributed by atoms with Gasteiger partial charge in [0.05, 0.1) is 11.1 Å². The minimum Gasteiger partial charge on any atom is -0.384 e. The molecule has 1 aromatic heterocycles. The van der Waals surface area contributed by atoms with Gasteiger partial charge in [0.15, 0.2) is 0 Å². The molecular weight excluding hydrogens is 317 g/mol. The number of hydrogen-bond donors (Lipinski definition) is 2. The number of benzene rings is 1. The number of anilines is 1. The molecule has 0 radical (unpaired) electrons. The number of nitrogens with one attached hydrogen (secondary N) is 2. The van der Waals surface area contributed by atoms with Gasteiger partial charge in [0.1, 0.15) is 0 Å². The van der Waals surface area contributed by atoms with Gasteiger partial charge in [-0.05, 0) is 41.9 Å². The van der Waals surface area contributed by atoms with Crippen LogP contribution in [0.4, 0.5) is 18.9 Å². The van der Waals surface area contributed by atoms with Crippen LogP contribution in [-0.4, -0.2) is 11.5 Å². The molecular formula is C18H21F3N2O. The smallest absolute Gasteiger partial charge is 0.384 e. The van der Waals surface area contributed by atoms with Crippen LogP contribution in [-0.2, 0) is 6.18 Å². The summed E-state index contributed by atoms with van der Waals surface area (Å²) in [6.07, 6.45) is -3.63. The minimum atomic E-state index is -4.55. The van der Waals surface area contributed by atoms with Crippen molar-refractivity contribution in [3.05, 3.63) is 39.7 Å². The fourth-order valence-corrected chi connectivity index (χ4v) is 3.60. The zero-order chi connectivity index (χ0) is 17.6. The number of fused-ring (bicyclic) bond motifs is 2. The summed E-state index contributed by atoms with van der Waals surface area (Å²) in [5.41, 5.74) is 0.343. The van der Waals surface area contributed by atoms with Gasteiger partial charge in [0.2, 0.25) is 5.56 Å². The maximum absolute atomic E-state index is 13.3. The van der Waals surface area contributed by atoms with E-state index >= 15 is 0 Å². The van der Waals surface area contributed by atoms with Crippen molar-refractivity contribution in [3.63, 3.8) is 0 Å². The first-order valence-corrected chi connectivity index (χ1v) is 8.19. The predicted molar refractivity (Wildman–Crippen MR) is 89.4 cm³/mol. The molecule has 2 aromatic rings. The standard InChI is InChI=1S/C18H21F3N2O/c1-9(2)4-11-10(3)8-22-15-7-16-13(5-12(11)15)14(18(19,20)21)6-17(24)23-16/h5-7,9-11,22H,4,8H2,1-3H3,(H,23,24)/t10-,11+/m0/s1. The van der Waals surface area contributed by atoms with E-state index < -0.39 is 17.3 Å². The van der Waals surface area contributed by atoms with Gasteiger partial charge < -0.3 is 10.3 Å². The Morgan fingerprint density at radius 3 is 2.58 bits per heavy atom. The maximum atomic E-state index is 13.3. The lowest BCUT2D eigenvalue weighted by atomic mass is 9.77. The number of rotatable bonds is 2. The third-order valence-electron chi connectivity index (χ3n) is 4.74. The van der Waals surface area contributed by atoms with Crippen molar-refractivity contribution < 1.29 is 13.2 Å². The Balaban J connectivity index is 2.25. The zero-order valence-electron chi connectivity index (χ0n) is 13.9. The average molecular weight is 338 g/mol. The van der Waals surface area contributed by atoms with E-state index in [9.17, 15) is 18.0 Å². The van der Waals surface area contributed by atoms with Crippen LogP contribution in [0, 0.1) is 11.8 Å². The van der Waals surface area contributed by atoms with E-state index in [1.165, 1.54) is 0 Å². The van der Waals surface area contributed by atoms with Crippen molar-refractivity contribution in [3.8, 4) is 0 Å². The number of halogens is 3. The second-order valence-electron chi connectivity index (χ2n) is 7.12. The largest absolute Gasteiger partial charge is 0.417 e. The van der Waals surface area contributed by atoms with Gasteiger partial charge >= 0.3 is 6.18 Å². The summed E-state index contributed by atoms with van der Waals surface area (Å²) < 4.78 is 40.0. The SMILES string of the molecule is CC(C)C[C@H]1c2cc3c(C(F)(F)F)cc(=O)[nH]c3cc2NC[C@@H]1C. The Kier molecular flexibility index (Phi) is 4.10. The highest BCUT2D eigenvalue weighted by Gasteiger charge is 2.35. The number of aromatic nitrogens is 1. The predicted octanol–water partition coefficient (Wildman–Crippen LogP) is 4.74. The summed E-state index contributed by atoms with van der Waals surface area (Å²) in [4.78, 5) is 14.1. The van der Waals surface area contributed by atoms with Crippen molar-refractivity contribution in [2.45, 2.75) is 39.3 Å². The first-order chi connectivity index (χ1) is 11.2. The van der Waals surface area contributed by atoms with Gasteiger partial charge in [-0.2, -0.15) is 13.2 Å². The van der Waals surface area contributed by atoms with Crippen LogP contribution in [0.15, 0.2) is 23.0 Å². The number of H-pyrrole nitrogens is 1. The number of hydrogen-bond acceptors (Lipinski definition) is 2. The van der Waals surface area contributed by atoms with Crippen LogP contribution in [0.5, 0.6) is 0 Å². The molecule has 2 N–H and O–H groups in total. The molecule has 3 nitrogen and oxygen atoms in total. The molecule has 0 saturated carbocycles. The zero-order valence-corrected chi connectivity index (χ0v) is 13.9. The Morgan fingerprint density at radius 1 is 1.25 bits per heavy atom. The van der Waals surface area contributed by atoms with Crippen molar-refractivity contribution in [2.24, 2.45) is 11.8 Å². The third-order valence-corrected chi connectivity index (χ3v) is 4.74. The minimum absolute atomic E-state index is 0.0607. The van der Waals surface area contributed by atoms with Crippen LogP contribution in [0.2, 0.25) is 0 Å². The molecule has 0 aliphatic carbocycles. The highest BCUT2D eigenvalue weighted by Crippen LogP contribution is 2.42. The molecule has 2 heterocycles. The molecule has 2 atom stereocenters. The van der Waals surface area contributed by atoms with Crippen molar-refractivity contribution in [1.29, 1.82) is 0 Å². The highest BCUT2D eigenvalue weighted by molar-refractivity contribution is 5.87. The van der Waals surface area contributed by atoms with Crippen LogP contribution < -0.4 is 10.9 Å². The monoisotopic (exact) mass is 338 g/mol. The first-order valence-electron chi connectivity index (χ1n) is 8.19.